The second-order valence-electron chi connectivity index (χ2n) is 5.05. The maximum atomic E-state index is 13.1. The van der Waals surface area contributed by atoms with Gasteiger partial charge in [0.25, 0.3) is 0 Å². The van der Waals surface area contributed by atoms with Crippen LogP contribution < -0.4 is 5.32 Å². The second-order valence-corrected chi connectivity index (χ2v) is 5.92. The van der Waals surface area contributed by atoms with Gasteiger partial charge in [0.1, 0.15) is 0 Å². The Bertz CT molecular complexity index is 879. The number of aromatic nitrogens is 2. The van der Waals surface area contributed by atoms with Crippen molar-refractivity contribution >= 4 is 28.9 Å². The summed E-state index contributed by atoms with van der Waals surface area (Å²) in [6.07, 6.45) is -4.53. The first-order valence-corrected chi connectivity index (χ1v) is 7.77. The number of alkyl halides is 3. The zero-order valence-corrected chi connectivity index (χ0v) is 14.0. The van der Waals surface area contributed by atoms with E-state index in [0.29, 0.717) is 10.6 Å². The first-order valence-electron chi connectivity index (χ1n) is 7.02. The number of anilines is 1. The molecule has 3 rings (SSSR count). The fraction of sp³-hybridized carbons (Fsp3) is 0.125. The highest BCUT2D eigenvalue weighted by molar-refractivity contribution is 6.31. The van der Waals surface area contributed by atoms with Gasteiger partial charge in [0, 0.05) is 21.3 Å². The van der Waals surface area contributed by atoms with Gasteiger partial charge in [0.2, 0.25) is 11.8 Å². The smallest absolute Gasteiger partial charge is 0.418 e. The van der Waals surface area contributed by atoms with Gasteiger partial charge in [-0.1, -0.05) is 23.2 Å². The lowest BCUT2D eigenvalue weighted by Gasteiger charge is -2.13. The van der Waals surface area contributed by atoms with Crippen LogP contribution in [-0.4, -0.2) is 10.2 Å². The molecule has 0 bridgehead atoms. The summed E-state index contributed by atoms with van der Waals surface area (Å²) in [5.74, 6) is 0.397. The topological polar surface area (TPSA) is 51.0 Å². The molecule has 1 aromatic heterocycles. The molecule has 0 aliphatic rings. The summed E-state index contributed by atoms with van der Waals surface area (Å²) in [6.45, 7) is -0.0642. The van der Waals surface area contributed by atoms with Crippen molar-refractivity contribution < 1.29 is 17.6 Å². The lowest BCUT2D eigenvalue weighted by Crippen LogP contribution is -2.11. The van der Waals surface area contributed by atoms with Crippen molar-refractivity contribution in [3.8, 4) is 11.5 Å². The van der Waals surface area contributed by atoms with E-state index in [1.807, 2.05) is 0 Å². The van der Waals surface area contributed by atoms with Gasteiger partial charge in [-0.3, -0.25) is 0 Å². The van der Waals surface area contributed by atoms with Crippen LogP contribution in [0.3, 0.4) is 0 Å². The summed E-state index contributed by atoms with van der Waals surface area (Å²) in [6, 6.07) is 10.2. The number of nitrogens with zero attached hydrogens (tertiary/aromatic N) is 2. The highest BCUT2D eigenvalue weighted by Gasteiger charge is 2.33. The summed E-state index contributed by atoms with van der Waals surface area (Å²) in [7, 11) is 0. The van der Waals surface area contributed by atoms with Crippen molar-refractivity contribution in [3.63, 3.8) is 0 Å². The summed E-state index contributed by atoms with van der Waals surface area (Å²) in [5, 5.41) is 10.9. The molecule has 1 heterocycles. The van der Waals surface area contributed by atoms with Gasteiger partial charge >= 0.3 is 6.18 Å². The molecule has 3 aromatic rings. The molecule has 2 aromatic carbocycles. The van der Waals surface area contributed by atoms with Crippen molar-refractivity contribution in [3.05, 3.63) is 64.0 Å². The number of hydrogen-bond acceptors (Lipinski definition) is 4. The molecule has 0 saturated heterocycles. The van der Waals surface area contributed by atoms with Crippen molar-refractivity contribution in [2.24, 2.45) is 0 Å². The molecule has 0 aliphatic carbocycles. The van der Waals surface area contributed by atoms with E-state index < -0.39 is 11.7 Å². The third-order valence-electron chi connectivity index (χ3n) is 3.28. The lowest BCUT2D eigenvalue weighted by molar-refractivity contribution is -0.137. The molecule has 0 spiro atoms. The van der Waals surface area contributed by atoms with Crippen LogP contribution in [0, 0.1) is 0 Å². The van der Waals surface area contributed by atoms with Gasteiger partial charge in [0.05, 0.1) is 12.1 Å². The van der Waals surface area contributed by atoms with Crippen molar-refractivity contribution in [2.75, 3.05) is 5.32 Å². The van der Waals surface area contributed by atoms with Crippen LogP contribution in [0.2, 0.25) is 10.0 Å². The highest BCUT2D eigenvalue weighted by Crippen LogP contribution is 2.36. The minimum absolute atomic E-state index is 0.000639. The van der Waals surface area contributed by atoms with Crippen molar-refractivity contribution in [1.82, 2.24) is 10.2 Å². The Morgan fingerprint density at radius 3 is 2.32 bits per heavy atom. The lowest BCUT2D eigenvalue weighted by atomic mass is 10.1. The Morgan fingerprint density at radius 2 is 1.64 bits per heavy atom. The quantitative estimate of drug-likeness (QED) is 0.625. The van der Waals surface area contributed by atoms with Gasteiger partial charge in [-0.25, -0.2) is 0 Å². The summed E-state index contributed by atoms with van der Waals surface area (Å²) < 4.78 is 44.6. The van der Waals surface area contributed by atoms with Gasteiger partial charge in [-0.2, -0.15) is 13.2 Å². The predicted molar refractivity (Wildman–Crippen MR) is 88.5 cm³/mol. The van der Waals surface area contributed by atoms with E-state index in [9.17, 15) is 13.2 Å². The molecule has 0 saturated carbocycles. The van der Waals surface area contributed by atoms with E-state index in [-0.39, 0.29) is 29.0 Å². The molecule has 4 nitrogen and oxygen atoms in total. The van der Waals surface area contributed by atoms with E-state index in [1.165, 1.54) is 12.1 Å². The molecule has 1 N–H and O–H groups in total. The SMILES string of the molecule is FC(F)(F)c1cc(Cl)ccc1NCc1nnc(-c2ccc(Cl)cc2)o1. The zero-order valence-electron chi connectivity index (χ0n) is 12.4. The molecule has 0 radical (unpaired) electrons. The van der Waals surface area contributed by atoms with Crippen LogP contribution in [0.15, 0.2) is 46.9 Å². The third kappa shape index (κ3) is 4.24. The number of nitrogens with one attached hydrogen (secondary N) is 1. The van der Waals surface area contributed by atoms with Gasteiger partial charge < -0.3 is 9.73 Å². The Morgan fingerprint density at radius 1 is 0.960 bits per heavy atom. The molecule has 130 valence electrons. The van der Waals surface area contributed by atoms with Crippen LogP contribution >= 0.6 is 23.2 Å². The molecule has 0 fully saturated rings. The largest absolute Gasteiger partial charge is 0.419 e. The van der Waals surface area contributed by atoms with Gasteiger partial charge in [-0.15, -0.1) is 10.2 Å². The average Bonchev–Trinajstić information content (AvgIpc) is 3.02. The number of halogens is 5. The van der Waals surface area contributed by atoms with Crippen LogP contribution in [0.1, 0.15) is 11.5 Å². The van der Waals surface area contributed by atoms with E-state index in [0.717, 1.165) is 6.07 Å². The van der Waals surface area contributed by atoms with E-state index in [4.69, 9.17) is 27.6 Å². The molecule has 9 heteroatoms. The van der Waals surface area contributed by atoms with E-state index in [1.54, 1.807) is 24.3 Å². The van der Waals surface area contributed by atoms with Crippen molar-refractivity contribution in [2.45, 2.75) is 12.7 Å². The fourth-order valence-corrected chi connectivity index (χ4v) is 2.41. The van der Waals surface area contributed by atoms with Crippen LogP contribution in [0.4, 0.5) is 18.9 Å². The minimum atomic E-state index is -4.53. The maximum Gasteiger partial charge on any atom is 0.418 e. The first-order chi connectivity index (χ1) is 11.8. The fourth-order valence-electron chi connectivity index (χ4n) is 2.11. The number of benzene rings is 2. The number of hydrogen-bond donors (Lipinski definition) is 1. The summed E-state index contributed by atoms with van der Waals surface area (Å²) in [5.41, 5.74) is -0.328. The molecule has 0 amide bonds. The Balaban J connectivity index is 1.76. The first kappa shape index (κ1) is 17.6. The molecule has 0 unspecified atom stereocenters. The predicted octanol–water partition coefficient (Wildman–Crippen LogP) is 5.67. The van der Waals surface area contributed by atoms with Gasteiger partial charge in [-0.05, 0) is 42.5 Å². The van der Waals surface area contributed by atoms with Crippen molar-refractivity contribution in [1.29, 1.82) is 0 Å². The Labute approximate surface area is 150 Å². The maximum absolute atomic E-state index is 13.1. The average molecular weight is 388 g/mol. The molecular weight excluding hydrogens is 378 g/mol. The molecular formula is C16H10Cl2F3N3O. The van der Waals surface area contributed by atoms with Gasteiger partial charge in [0.15, 0.2) is 0 Å². The minimum Gasteiger partial charge on any atom is -0.419 e. The summed E-state index contributed by atoms with van der Waals surface area (Å²) >= 11 is 11.5. The van der Waals surface area contributed by atoms with Crippen LogP contribution in [-0.2, 0) is 12.7 Å². The second kappa shape index (κ2) is 6.93. The van der Waals surface area contributed by atoms with Crippen LogP contribution in [0.5, 0.6) is 0 Å². The molecule has 25 heavy (non-hydrogen) atoms. The normalized spacial score (nSPS) is 11.6. The standard InChI is InChI=1S/C16H10Cl2F3N3O/c17-10-3-1-9(2-4-10)15-24-23-14(25-15)8-22-13-6-5-11(18)7-12(13)16(19,20)21/h1-7,22H,8H2. The molecule has 0 aliphatic heterocycles. The Hall–Kier alpha value is -2.25. The molecule has 0 atom stereocenters. The van der Waals surface area contributed by atoms with E-state index >= 15 is 0 Å². The van der Waals surface area contributed by atoms with Crippen LogP contribution in [0.25, 0.3) is 11.5 Å². The monoisotopic (exact) mass is 387 g/mol. The summed E-state index contributed by atoms with van der Waals surface area (Å²) in [4.78, 5) is 0. The number of rotatable bonds is 4. The van der Waals surface area contributed by atoms with E-state index in [2.05, 4.69) is 15.5 Å². The Kier molecular flexibility index (Phi) is 4.87. The highest BCUT2D eigenvalue weighted by atomic mass is 35.5. The third-order valence-corrected chi connectivity index (χ3v) is 3.76. The zero-order chi connectivity index (χ0) is 18.0.